The third-order valence-electron chi connectivity index (χ3n) is 2.99. The average Bonchev–Trinajstić information content (AvgIpc) is 2.39. The molecule has 104 valence electrons. The zero-order valence-corrected chi connectivity index (χ0v) is 14.5. The second-order valence-corrected chi connectivity index (χ2v) is 7.33. The minimum Gasteiger partial charge on any atom is -0.351 e. The first-order valence-corrected chi connectivity index (χ1v) is 8.94. The van der Waals surface area contributed by atoms with Crippen LogP contribution in [0.25, 0.3) is 0 Å². The van der Waals surface area contributed by atoms with Gasteiger partial charge in [0.05, 0.1) is 5.56 Å². The number of halogens is 2. The summed E-state index contributed by atoms with van der Waals surface area (Å²) < 4.78 is 1.77. The molecule has 0 spiro atoms. The summed E-state index contributed by atoms with van der Waals surface area (Å²) >= 11 is 8.79. The van der Waals surface area contributed by atoms with Gasteiger partial charge in [-0.05, 0) is 34.1 Å². The number of hydrogen-bond acceptors (Lipinski definition) is 3. The molecule has 6 heteroatoms. The van der Waals surface area contributed by atoms with Crippen LogP contribution in [0.2, 0.25) is 0 Å². The Morgan fingerprint density at radius 3 is 2.74 bits per heavy atom. The van der Waals surface area contributed by atoms with Crippen LogP contribution in [0.1, 0.15) is 10.4 Å². The van der Waals surface area contributed by atoms with E-state index < -0.39 is 0 Å². The highest BCUT2D eigenvalue weighted by Crippen LogP contribution is 2.21. The standard InChI is InChI=1S/C13H16Br2N2OS/c14-10-1-2-11(12(15)9-10)13(18)16-3-4-17-5-7-19-8-6-17/h1-2,9H,3-8H2,(H,16,18). The van der Waals surface area contributed by atoms with Crippen molar-refractivity contribution in [3.05, 3.63) is 32.7 Å². The summed E-state index contributed by atoms with van der Waals surface area (Å²) in [5.74, 6) is 2.38. The predicted octanol–water partition coefficient (Wildman–Crippen LogP) is 2.99. The number of carbonyl (C=O) groups is 1. The number of hydrogen-bond donors (Lipinski definition) is 1. The first-order chi connectivity index (χ1) is 9.16. The van der Waals surface area contributed by atoms with Crippen molar-refractivity contribution < 1.29 is 4.79 Å². The lowest BCUT2D eigenvalue weighted by Crippen LogP contribution is -2.39. The van der Waals surface area contributed by atoms with E-state index >= 15 is 0 Å². The summed E-state index contributed by atoms with van der Waals surface area (Å²) in [6.07, 6.45) is 0. The van der Waals surface area contributed by atoms with Crippen LogP contribution < -0.4 is 5.32 Å². The molecule has 2 rings (SSSR count). The van der Waals surface area contributed by atoms with Gasteiger partial charge in [-0.2, -0.15) is 11.8 Å². The Labute approximate surface area is 134 Å². The van der Waals surface area contributed by atoms with E-state index in [1.54, 1.807) is 0 Å². The maximum Gasteiger partial charge on any atom is 0.252 e. The van der Waals surface area contributed by atoms with E-state index in [-0.39, 0.29) is 5.91 Å². The molecule has 1 fully saturated rings. The van der Waals surface area contributed by atoms with Gasteiger partial charge in [-0.1, -0.05) is 15.9 Å². The number of rotatable bonds is 4. The first kappa shape index (κ1) is 15.4. The van der Waals surface area contributed by atoms with Crippen molar-refractivity contribution in [2.45, 2.75) is 0 Å². The van der Waals surface area contributed by atoms with Crippen molar-refractivity contribution in [2.24, 2.45) is 0 Å². The number of nitrogens with one attached hydrogen (secondary N) is 1. The zero-order chi connectivity index (χ0) is 13.7. The maximum absolute atomic E-state index is 12.0. The molecule has 0 saturated carbocycles. The lowest BCUT2D eigenvalue weighted by Gasteiger charge is -2.26. The highest BCUT2D eigenvalue weighted by molar-refractivity contribution is 9.11. The van der Waals surface area contributed by atoms with E-state index in [2.05, 4.69) is 42.1 Å². The van der Waals surface area contributed by atoms with Gasteiger partial charge in [0.25, 0.3) is 5.91 Å². The number of thioether (sulfide) groups is 1. The third kappa shape index (κ3) is 4.77. The molecule has 0 bridgehead atoms. The highest BCUT2D eigenvalue weighted by Gasteiger charge is 2.12. The van der Waals surface area contributed by atoms with Gasteiger partial charge < -0.3 is 5.32 Å². The molecule has 1 heterocycles. The van der Waals surface area contributed by atoms with E-state index in [0.717, 1.165) is 28.6 Å². The van der Waals surface area contributed by atoms with Gasteiger partial charge in [0, 0.05) is 46.6 Å². The molecule has 0 atom stereocenters. The molecule has 1 N–H and O–H groups in total. The summed E-state index contributed by atoms with van der Waals surface area (Å²) in [4.78, 5) is 14.4. The Kier molecular flexibility index (Phi) is 6.19. The van der Waals surface area contributed by atoms with Crippen LogP contribution in [0.4, 0.5) is 0 Å². The quantitative estimate of drug-likeness (QED) is 0.832. The minimum atomic E-state index is -0.0224. The molecule has 0 radical (unpaired) electrons. The van der Waals surface area contributed by atoms with Crippen LogP contribution in [-0.4, -0.2) is 48.5 Å². The molecule has 1 aromatic rings. The Morgan fingerprint density at radius 1 is 1.32 bits per heavy atom. The minimum absolute atomic E-state index is 0.0224. The summed E-state index contributed by atoms with van der Waals surface area (Å²) in [5.41, 5.74) is 0.678. The van der Waals surface area contributed by atoms with Crippen molar-refractivity contribution in [3.8, 4) is 0 Å². The van der Waals surface area contributed by atoms with Crippen LogP contribution >= 0.6 is 43.6 Å². The molecule has 1 aromatic carbocycles. The molecule has 1 aliphatic rings. The molecule has 19 heavy (non-hydrogen) atoms. The molecular formula is C13H16Br2N2OS. The smallest absolute Gasteiger partial charge is 0.252 e. The molecular weight excluding hydrogens is 392 g/mol. The van der Waals surface area contributed by atoms with Gasteiger partial charge >= 0.3 is 0 Å². The van der Waals surface area contributed by atoms with Crippen LogP contribution in [-0.2, 0) is 0 Å². The molecule has 3 nitrogen and oxygen atoms in total. The lowest BCUT2D eigenvalue weighted by molar-refractivity contribution is 0.0948. The topological polar surface area (TPSA) is 32.3 Å². The lowest BCUT2D eigenvalue weighted by atomic mass is 10.2. The first-order valence-electron chi connectivity index (χ1n) is 6.20. The summed E-state index contributed by atoms with van der Waals surface area (Å²) in [5, 5.41) is 2.97. The highest BCUT2D eigenvalue weighted by atomic mass is 79.9. The van der Waals surface area contributed by atoms with Gasteiger partial charge in [-0.3, -0.25) is 9.69 Å². The second-order valence-electron chi connectivity index (χ2n) is 4.33. The fourth-order valence-corrected chi connectivity index (χ4v) is 4.13. The molecule has 1 saturated heterocycles. The molecule has 0 aliphatic carbocycles. The maximum atomic E-state index is 12.0. The Hall–Kier alpha value is -0.0400. The number of carbonyl (C=O) groups excluding carboxylic acids is 1. The fourth-order valence-electron chi connectivity index (χ4n) is 1.92. The van der Waals surface area contributed by atoms with Gasteiger partial charge in [-0.15, -0.1) is 0 Å². The fraction of sp³-hybridized carbons (Fsp3) is 0.462. The van der Waals surface area contributed by atoms with Gasteiger partial charge in [-0.25, -0.2) is 0 Å². The Bertz CT molecular complexity index is 450. The molecule has 0 aromatic heterocycles. The Morgan fingerprint density at radius 2 is 2.05 bits per heavy atom. The monoisotopic (exact) mass is 406 g/mol. The SMILES string of the molecule is O=C(NCCN1CCSCC1)c1ccc(Br)cc1Br. The predicted molar refractivity (Wildman–Crippen MR) is 87.9 cm³/mol. The van der Waals surface area contributed by atoms with Crippen LogP contribution in [0.5, 0.6) is 0 Å². The van der Waals surface area contributed by atoms with Crippen molar-refractivity contribution in [3.63, 3.8) is 0 Å². The van der Waals surface area contributed by atoms with E-state index in [0.29, 0.717) is 12.1 Å². The summed E-state index contributed by atoms with van der Waals surface area (Å²) in [6, 6.07) is 5.58. The van der Waals surface area contributed by atoms with Gasteiger partial charge in [0.15, 0.2) is 0 Å². The van der Waals surface area contributed by atoms with Crippen LogP contribution in [0.15, 0.2) is 27.1 Å². The van der Waals surface area contributed by atoms with Gasteiger partial charge in [0.1, 0.15) is 0 Å². The molecule has 1 amide bonds. The van der Waals surface area contributed by atoms with E-state index in [9.17, 15) is 4.79 Å². The number of benzene rings is 1. The van der Waals surface area contributed by atoms with E-state index in [1.165, 1.54) is 11.5 Å². The number of nitrogens with zero attached hydrogens (tertiary/aromatic N) is 1. The molecule has 0 unspecified atom stereocenters. The molecule has 1 aliphatic heterocycles. The second kappa shape index (κ2) is 7.67. The van der Waals surface area contributed by atoms with E-state index in [1.807, 2.05) is 30.0 Å². The normalized spacial score (nSPS) is 16.3. The zero-order valence-electron chi connectivity index (χ0n) is 10.5. The van der Waals surface area contributed by atoms with E-state index in [4.69, 9.17) is 0 Å². The van der Waals surface area contributed by atoms with Crippen LogP contribution in [0.3, 0.4) is 0 Å². The van der Waals surface area contributed by atoms with Crippen molar-refractivity contribution in [2.75, 3.05) is 37.7 Å². The third-order valence-corrected chi connectivity index (χ3v) is 5.08. The largest absolute Gasteiger partial charge is 0.351 e. The van der Waals surface area contributed by atoms with Crippen molar-refractivity contribution >= 4 is 49.5 Å². The summed E-state index contributed by atoms with van der Waals surface area (Å²) in [6.45, 7) is 3.89. The number of amides is 1. The van der Waals surface area contributed by atoms with Crippen molar-refractivity contribution in [1.29, 1.82) is 0 Å². The Balaban J connectivity index is 1.80. The average molecular weight is 408 g/mol. The van der Waals surface area contributed by atoms with Gasteiger partial charge in [0.2, 0.25) is 0 Å². The van der Waals surface area contributed by atoms with Crippen LogP contribution in [0, 0.1) is 0 Å². The summed E-state index contributed by atoms with van der Waals surface area (Å²) in [7, 11) is 0. The van der Waals surface area contributed by atoms with Crippen molar-refractivity contribution in [1.82, 2.24) is 10.2 Å².